The van der Waals surface area contributed by atoms with Gasteiger partial charge < -0.3 is 15.3 Å². The minimum absolute atomic E-state index is 0.0349. The zero-order valence-electron chi connectivity index (χ0n) is 18.6. The highest BCUT2D eigenvalue weighted by atomic mass is 16.4. The van der Waals surface area contributed by atoms with Crippen LogP contribution in [0.4, 0.5) is 11.4 Å². The number of piperidine rings is 1. The Morgan fingerprint density at radius 3 is 2.50 bits per heavy atom. The SMILES string of the molecule is Cc1cc([C@H](C)Nc2ccccc2C(=O)O)c2cc(N3CCC4(CC3)CC4)cc(=O)n2c1. The van der Waals surface area contributed by atoms with Crippen LogP contribution < -0.4 is 15.8 Å². The highest BCUT2D eigenvalue weighted by molar-refractivity contribution is 5.94. The van der Waals surface area contributed by atoms with E-state index in [1.807, 2.05) is 26.1 Å². The van der Waals surface area contributed by atoms with E-state index in [9.17, 15) is 14.7 Å². The molecule has 1 saturated carbocycles. The number of aryl methyl sites for hydroxylation is 1. The van der Waals surface area contributed by atoms with Crippen molar-refractivity contribution >= 4 is 22.9 Å². The van der Waals surface area contributed by atoms with Gasteiger partial charge in [-0.15, -0.1) is 0 Å². The Morgan fingerprint density at radius 2 is 1.81 bits per heavy atom. The van der Waals surface area contributed by atoms with Gasteiger partial charge in [-0.25, -0.2) is 4.79 Å². The van der Waals surface area contributed by atoms with Gasteiger partial charge in [0.15, 0.2) is 0 Å². The van der Waals surface area contributed by atoms with Crippen LogP contribution in [0.25, 0.3) is 5.52 Å². The van der Waals surface area contributed by atoms with Gasteiger partial charge in [0.05, 0.1) is 17.1 Å². The summed E-state index contributed by atoms with van der Waals surface area (Å²) in [6.45, 7) is 5.97. The predicted molar refractivity (Wildman–Crippen MR) is 127 cm³/mol. The van der Waals surface area contributed by atoms with Crippen LogP contribution in [0.15, 0.2) is 53.5 Å². The number of benzene rings is 1. The van der Waals surface area contributed by atoms with Crippen molar-refractivity contribution in [3.63, 3.8) is 0 Å². The van der Waals surface area contributed by atoms with E-state index in [1.165, 1.54) is 25.7 Å². The number of fused-ring (bicyclic) bond motifs is 1. The van der Waals surface area contributed by atoms with Crippen molar-refractivity contribution in [1.82, 2.24) is 4.40 Å². The lowest BCUT2D eigenvalue weighted by Gasteiger charge is -2.34. The summed E-state index contributed by atoms with van der Waals surface area (Å²) in [5.41, 5.74) is 5.14. The summed E-state index contributed by atoms with van der Waals surface area (Å²) in [5.74, 6) is -0.966. The number of pyridine rings is 2. The Hall–Kier alpha value is -3.28. The number of para-hydroxylation sites is 1. The van der Waals surface area contributed by atoms with Gasteiger partial charge in [0.25, 0.3) is 5.56 Å². The standard InChI is InChI=1S/C26H29N3O3/c1-17-13-21(18(2)27-22-6-4-3-5-20(22)25(31)32)23-14-19(15-24(30)29(23)16-17)28-11-9-26(7-8-26)10-12-28/h3-6,13-16,18,27H,7-12H2,1-2H3,(H,31,32)/t18-/m0/s1. The van der Waals surface area contributed by atoms with Crippen LogP contribution in [-0.2, 0) is 0 Å². The number of hydrogen-bond donors (Lipinski definition) is 2. The molecular weight excluding hydrogens is 402 g/mol. The van der Waals surface area contributed by atoms with Crippen molar-refractivity contribution in [2.24, 2.45) is 5.41 Å². The first-order valence-electron chi connectivity index (χ1n) is 11.4. The molecule has 3 aromatic rings. The highest BCUT2D eigenvalue weighted by Crippen LogP contribution is 2.53. The Balaban J connectivity index is 1.53. The molecule has 2 N–H and O–H groups in total. The summed E-state index contributed by atoms with van der Waals surface area (Å²) in [4.78, 5) is 27.0. The maximum atomic E-state index is 13.0. The molecule has 1 saturated heterocycles. The number of nitrogens with one attached hydrogen (secondary N) is 1. The van der Waals surface area contributed by atoms with Gasteiger partial charge in [-0.3, -0.25) is 9.20 Å². The van der Waals surface area contributed by atoms with Gasteiger partial charge >= 0.3 is 5.97 Å². The third-order valence-corrected chi connectivity index (χ3v) is 7.21. The van der Waals surface area contributed by atoms with E-state index in [0.717, 1.165) is 35.4 Å². The summed E-state index contributed by atoms with van der Waals surface area (Å²) in [7, 11) is 0. The van der Waals surface area contributed by atoms with E-state index in [2.05, 4.69) is 22.3 Å². The number of carboxylic acid groups (broad SMARTS) is 1. The lowest BCUT2D eigenvalue weighted by Crippen LogP contribution is -2.35. The molecule has 1 aliphatic carbocycles. The topological polar surface area (TPSA) is 74.0 Å². The number of aromatic carboxylic acids is 1. The van der Waals surface area contributed by atoms with E-state index in [4.69, 9.17) is 0 Å². The molecule has 166 valence electrons. The first kappa shape index (κ1) is 20.6. The molecule has 0 unspecified atom stereocenters. The van der Waals surface area contributed by atoms with Gasteiger partial charge in [0, 0.05) is 36.7 Å². The van der Waals surface area contributed by atoms with Crippen molar-refractivity contribution in [2.75, 3.05) is 23.3 Å². The highest BCUT2D eigenvalue weighted by Gasteiger charge is 2.44. The Bertz CT molecular complexity index is 1250. The largest absolute Gasteiger partial charge is 0.478 e. The quantitative estimate of drug-likeness (QED) is 0.604. The second-order valence-electron chi connectivity index (χ2n) is 9.48. The summed E-state index contributed by atoms with van der Waals surface area (Å²) in [6, 6.07) is 12.7. The summed E-state index contributed by atoms with van der Waals surface area (Å²) in [6.07, 6.45) is 6.99. The van der Waals surface area contributed by atoms with Gasteiger partial charge in [-0.1, -0.05) is 18.2 Å². The smallest absolute Gasteiger partial charge is 0.337 e. The molecule has 6 nitrogen and oxygen atoms in total. The van der Waals surface area contributed by atoms with Crippen molar-refractivity contribution < 1.29 is 9.90 Å². The van der Waals surface area contributed by atoms with Crippen LogP contribution in [0, 0.1) is 12.3 Å². The number of carbonyl (C=O) groups is 1. The zero-order chi connectivity index (χ0) is 22.5. The van der Waals surface area contributed by atoms with Crippen LogP contribution in [-0.4, -0.2) is 28.6 Å². The molecule has 2 aromatic heterocycles. The van der Waals surface area contributed by atoms with Gasteiger partial charge in [-0.2, -0.15) is 0 Å². The van der Waals surface area contributed by atoms with E-state index in [0.29, 0.717) is 11.1 Å². The Labute approximate surface area is 187 Å². The molecule has 1 aromatic carbocycles. The molecule has 1 aliphatic heterocycles. The minimum atomic E-state index is -0.966. The fourth-order valence-electron chi connectivity index (χ4n) is 5.03. The Kier molecular flexibility index (Phi) is 4.96. The Morgan fingerprint density at radius 1 is 1.09 bits per heavy atom. The lowest BCUT2D eigenvalue weighted by atomic mass is 9.93. The van der Waals surface area contributed by atoms with Crippen LogP contribution in [0.2, 0.25) is 0 Å². The average molecular weight is 432 g/mol. The fourth-order valence-corrected chi connectivity index (χ4v) is 5.03. The lowest BCUT2D eigenvalue weighted by molar-refractivity contribution is 0.0698. The molecule has 6 heteroatoms. The molecule has 0 radical (unpaired) electrons. The van der Waals surface area contributed by atoms with Crippen LogP contribution >= 0.6 is 0 Å². The second kappa shape index (κ2) is 7.69. The molecule has 5 rings (SSSR count). The van der Waals surface area contributed by atoms with E-state index in [-0.39, 0.29) is 17.2 Å². The molecule has 32 heavy (non-hydrogen) atoms. The molecule has 0 amide bonds. The fraction of sp³-hybridized carbons (Fsp3) is 0.385. The number of rotatable bonds is 5. The molecule has 1 atom stereocenters. The van der Waals surface area contributed by atoms with Gasteiger partial charge in [-0.05, 0) is 74.3 Å². The summed E-state index contributed by atoms with van der Waals surface area (Å²) >= 11 is 0. The molecule has 2 fully saturated rings. The molecule has 1 spiro atoms. The first-order valence-corrected chi connectivity index (χ1v) is 11.4. The van der Waals surface area contributed by atoms with Gasteiger partial charge in [0.2, 0.25) is 0 Å². The minimum Gasteiger partial charge on any atom is -0.478 e. The molecule has 2 aliphatic rings. The zero-order valence-corrected chi connectivity index (χ0v) is 18.6. The van der Waals surface area contributed by atoms with E-state index < -0.39 is 5.97 Å². The van der Waals surface area contributed by atoms with E-state index >= 15 is 0 Å². The third-order valence-electron chi connectivity index (χ3n) is 7.21. The normalized spacial score (nSPS) is 18.0. The second-order valence-corrected chi connectivity index (χ2v) is 9.48. The average Bonchev–Trinajstić information content (AvgIpc) is 3.53. The molecule has 0 bridgehead atoms. The number of carboxylic acids is 1. The van der Waals surface area contributed by atoms with Crippen molar-refractivity contribution in [2.45, 2.75) is 45.6 Å². The third kappa shape index (κ3) is 3.74. The van der Waals surface area contributed by atoms with E-state index in [1.54, 1.807) is 28.7 Å². The molecule has 3 heterocycles. The maximum absolute atomic E-state index is 13.0. The first-order chi connectivity index (χ1) is 15.3. The van der Waals surface area contributed by atoms with Crippen molar-refractivity contribution in [3.05, 3.63) is 75.7 Å². The number of hydrogen-bond acceptors (Lipinski definition) is 4. The number of nitrogens with zero attached hydrogens (tertiary/aromatic N) is 2. The van der Waals surface area contributed by atoms with Crippen LogP contribution in [0.1, 0.15) is 60.1 Å². The maximum Gasteiger partial charge on any atom is 0.337 e. The van der Waals surface area contributed by atoms with Crippen molar-refractivity contribution in [1.29, 1.82) is 0 Å². The monoisotopic (exact) mass is 431 g/mol. The van der Waals surface area contributed by atoms with Crippen LogP contribution in [0.5, 0.6) is 0 Å². The number of aromatic nitrogens is 1. The number of anilines is 2. The summed E-state index contributed by atoms with van der Waals surface area (Å²) < 4.78 is 1.71. The van der Waals surface area contributed by atoms with Crippen molar-refractivity contribution in [3.8, 4) is 0 Å². The predicted octanol–water partition coefficient (Wildman–Crippen LogP) is 4.86. The summed E-state index contributed by atoms with van der Waals surface area (Å²) in [5, 5.41) is 12.9. The molecular formula is C26H29N3O3. The van der Waals surface area contributed by atoms with Gasteiger partial charge in [0.1, 0.15) is 0 Å². The van der Waals surface area contributed by atoms with Crippen LogP contribution in [0.3, 0.4) is 0 Å².